The van der Waals surface area contributed by atoms with Crippen LogP contribution < -0.4 is 17.2 Å². The van der Waals surface area contributed by atoms with Gasteiger partial charge in [-0.15, -0.1) is 13.2 Å². The van der Waals surface area contributed by atoms with Crippen LogP contribution in [0.4, 0.5) is 0 Å². The molecule has 136 valence electrons. The fourth-order valence-electron chi connectivity index (χ4n) is 1.70. The second-order valence-corrected chi connectivity index (χ2v) is 7.01. The van der Waals surface area contributed by atoms with E-state index in [0.29, 0.717) is 26.4 Å². The van der Waals surface area contributed by atoms with Crippen LogP contribution in [0.5, 0.6) is 0 Å². The molecule has 0 aromatic rings. The average Bonchev–Trinajstić information content (AvgIpc) is 2.50. The summed E-state index contributed by atoms with van der Waals surface area (Å²) in [6, 6.07) is 0.877. The smallest absolute Gasteiger partial charge is 0.374 e. The van der Waals surface area contributed by atoms with E-state index < -0.39 is 8.80 Å². The van der Waals surface area contributed by atoms with Crippen molar-refractivity contribution < 1.29 is 13.3 Å². The molecule has 0 aliphatic heterocycles. The topological polar surface area (TPSA) is 106 Å². The summed E-state index contributed by atoms with van der Waals surface area (Å²) in [6.45, 7) is 16.9. The fraction of sp³-hybridized carbons (Fsp3) is 0.867. The van der Waals surface area contributed by atoms with E-state index in [9.17, 15) is 0 Å². The van der Waals surface area contributed by atoms with Crippen LogP contribution in [0.2, 0.25) is 6.04 Å². The van der Waals surface area contributed by atoms with Crippen molar-refractivity contribution in [3.63, 3.8) is 0 Å². The lowest BCUT2D eigenvalue weighted by molar-refractivity contribution is 0.0706. The first kappa shape index (κ1) is 26.6. The molecule has 22 heavy (non-hydrogen) atoms. The molecule has 0 bridgehead atoms. The van der Waals surface area contributed by atoms with Crippen LogP contribution in [0.15, 0.2) is 13.2 Å². The maximum absolute atomic E-state index is 5.79. The summed E-state index contributed by atoms with van der Waals surface area (Å²) in [6.07, 6.45) is 1.82. The Morgan fingerprint density at radius 1 is 0.909 bits per heavy atom. The lowest BCUT2D eigenvalue weighted by Crippen LogP contribution is -2.46. The molecule has 0 radical (unpaired) electrons. The minimum Gasteiger partial charge on any atom is -0.374 e. The Morgan fingerprint density at radius 2 is 1.27 bits per heavy atom. The van der Waals surface area contributed by atoms with Gasteiger partial charge in [-0.25, -0.2) is 0 Å². The van der Waals surface area contributed by atoms with E-state index in [1.54, 1.807) is 0 Å². The predicted octanol–water partition coefficient (Wildman–Crippen LogP) is 1.87. The lowest BCUT2D eigenvalue weighted by Gasteiger charge is -2.28. The molecule has 6 nitrogen and oxygen atoms in total. The Morgan fingerprint density at radius 3 is 1.55 bits per heavy atom. The van der Waals surface area contributed by atoms with Crippen LogP contribution >= 0.6 is 0 Å². The van der Waals surface area contributed by atoms with E-state index >= 15 is 0 Å². The van der Waals surface area contributed by atoms with Gasteiger partial charge in [-0.2, -0.15) is 0 Å². The molecule has 7 heteroatoms. The van der Waals surface area contributed by atoms with Crippen molar-refractivity contribution in [1.82, 2.24) is 0 Å². The zero-order valence-corrected chi connectivity index (χ0v) is 16.1. The quantitative estimate of drug-likeness (QED) is 0.392. The molecule has 0 rings (SSSR count). The fourth-order valence-corrected chi connectivity index (χ4v) is 4.34. The van der Waals surface area contributed by atoms with E-state index in [-0.39, 0.29) is 6.04 Å². The molecule has 0 saturated carbocycles. The van der Waals surface area contributed by atoms with Crippen molar-refractivity contribution in [1.29, 1.82) is 0 Å². The highest BCUT2D eigenvalue weighted by atomic mass is 28.4. The van der Waals surface area contributed by atoms with E-state index in [1.807, 2.05) is 27.7 Å². The normalized spacial score (nSPS) is 11.8. The second kappa shape index (κ2) is 20.7. The SMILES string of the molecule is C=C.CCN.CCO[Si](CCCC(N)CN)(OCC)OCC. The number of hydrogen-bond donors (Lipinski definition) is 3. The van der Waals surface area contributed by atoms with Crippen LogP contribution in [0.1, 0.15) is 40.5 Å². The molecule has 1 atom stereocenters. The summed E-state index contributed by atoms with van der Waals surface area (Å²) in [5.74, 6) is 0. The summed E-state index contributed by atoms with van der Waals surface area (Å²) in [5.41, 5.74) is 16.1. The first-order chi connectivity index (χ1) is 10.6. The van der Waals surface area contributed by atoms with Gasteiger partial charge in [-0.3, -0.25) is 0 Å². The maximum Gasteiger partial charge on any atom is 0.500 e. The Balaban J connectivity index is -0.000000637. The Labute approximate surface area is 138 Å². The highest BCUT2D eigenvalue weighted by Gasteiger charge is 2.39. The molecule has 0 aliphatic rings. The predicted molar refractivity (Wildman–Crippen MR) is 97.7 cm³/mol. The van der Waals surface area contributed by atoms with Gasteiger partial charge in [0.05, 0.1) is 0 Å². The molecule has 0 aliphatic carbocycles. The summed E-state index contributed by atoms with van der Waals surface area (Å²) in [7, 11) is -2.47. The summed E-state index contributed by atoms with van der Waals surface area (Å²) < 4.78 is 17.2. The van der Waals surface area contributed by atoms with Crippen molar-refractivity contribution in [2.75, 3.05) is 32.9 Å². The van der Waals surface area contributed by atoms with Gasteiger partial charge in [-0.05, 0) is 40.2 Å². The summed E-state index contributed by atoms with van der Waals surface area (Å²) >= 11 is 0. The number of rotatable bonds is 11. The molecule has 0 aromatic carbocycles. The first-order valence-corrected chi connectivity index (χ1v) is 10.1. The third-order valence-corrected chi connectivity index (χ3v) is 5.60. The van der Waals surface area contributed by atoms with Gasteiger partial charge in [-0.1, -0.05) is 6.92 Å². The molecule has 0 saturated heterocycles. The zero-order chi connectivity index (χ0) is 17.9. The Bertz CT molecular complexity index is 195. The van der Waals surface area contributed by atoms with Crippen molar-refractivity contribution in [2.24, 2.45) is 17.2 Å². The number of hydrogen-bond acceptors (Lipinski definition) is 6. The van der Waals surface area contributed by atoms with Gasteiger partial charge in [0.2, 0.25) is 0 Å². The molecule has 0 spiro atoms. The zero-order valence-electron chi connectivity index (χ0n) is 15.1. The van der Waals surface area contributed by atoms with Crippen LogP contribution in [0.3, 0.4) is 0 Å². The van der Waals surface area contributed by atoms with Crippen molar-refractivity contribution >= 4 is 8.80 Å². The van der Waals surface area contributed by atoms with Gasteiger partial charge in [0.15, 0.2) is 0 Å². The highest BCUT2D eigenvalue weighted by Crippen LogP contribution is 2.19. The van der Waals surface area contributed by atoms with Gasteiger partial charge in [0.25, 0.3) is 0 Å². The highest BCUT2D eigenvalue weighted by molar-refractivity contribution is 6.60. The summed E-state index contributed by atoms with van der Waals surface area (Å²) in [5, 5.41) is 0. The van der Waals surface area contributed by atoms with Gasteiger partial charge >= 0.3 is 8.80 Å². The van der Waals surface area contributed by atoms with Gasteiger partial charge < -0.3 is 30.5 Å². The average molecular weight is 338 g/mol. The van der Waals surface area contributed by atoms with E-state index in [0.717, 1.165) is 25.4 Å². The van der Waals surface area contributed by atoms with E-state index in [1.165, 1.54) is 0 Å². The molecule has 1 unspecified atom stereocenters. The molecule has 0 heterocycles. The van der Waals surface area contributed by atoms with Crippen LogP contribution in [-0.4, -0.2) is 47.8 Å². The largest absolute Gasteiger partial charge is 0.500 e. The maximum atomic E-state index is 5.79. The molecular formula is C15H39N3O3Si. The van der Waals surface area contributed by atoms with Crippen LogP contribution in [0.25, 0.3) is 0 Å². The van der Waals surface area contributed by atoms with Crippen molar-refractivity contribution in [3.05, 3.63) is 13.2 Å². The number of nitrogens with two attached hydrogens (primary N) is 3. The molecule has 0 amide bonds. The monoisotopic (exact) mass is 337 g/mol. The minimum absolute atomic E-state index is 0.0616. The Kier molecular flexibility index (Phi) is 25.1. The van der Waals surface area contributed by atoms with Crippen LogP contribution in [-0.2, 0) is 13.3 Å². The third-order valence-electron chi connectivity index (χ3n) is 2.45. The van der Waals surface area contributed by atoms with E-state index in [4.69, 9.17) is 30.5 Å². The van der Waals surface area contributed by atoms with E-state index in [2.05, 4.69) is 13.2 Å². The molecule has 0 aromatic heterocycles. The molecule has 6 N–H and O–H groups in total. The molecule has 0 fully saturated rings. The summed E-state index contributed by atoms with van der Waals surface area (Å²) in [4.78, 5) is 0. The van der Waals surface area contributed by atoms with Crippen molar-refractivity contribution in [2.45, 2.75) is 52.6 Å². The molecular weight excluding hydrogens is 298 g/mol. The first-order valence-electron chi connectivity index (χ1n) is 8.13. The standard InChI is InChI=1S/C11H28N2O3Si.C2H7N.C2H4/c1-4-14-17(15-5-2,16-6-3)9-7-8-11(13)10-12;1-2-3;1-2/h11H,4-10,12-13H2,1-3H3;2-3H2,1H3;1-2H2. The van der Waals surface area contributed by atoms with Crippen molar-refractivity contribution in [3.8, 4) is 0 Å². The van der Waals surface area contributed by atoms with Crippen LogP contribution in [0, 0.1) is 0 Å². The van der Waals surface area contributed by atoms with Gasteiger partial charge in [0.1, 0.15) is 0 Å². The minimum atomic E-state index is -2.47. The lowest BCUT2D eigenvalue weighted by atomic mass is 10.2. The second-order valence-electron chi connectivity index (χ2n) is 4.28. The van der Waals surface area contributed by atoms with Gasteiger partial charge in [0, 0.05) is 38.5 Å². The Hall–Kier alpha value is -0.283. The third kappa shape index (κ3) is 16.1.